The van der Waals surface area contributed by atoms with Gasteiger partial charge in [-0.3, -0.25) is 14.6 Å². The van der Waals surface area contributed by atoms with Gasteiger partial charge in [0.05, 0.1) is 15.5 Å². The Morgan fingerprint density at radius 1 is 1.16 bits per heavy atom. The number of phenols is 1. The molecule has 0 aliphatic carbocycles. The molecule has 156 valence electrons. The van der Waals surface area contributed by atoms with E-state index in [1.165, 1.54) is 18.5 Å². The highest BCUT2D eigenvalue weighted by Crippen LogP contribution is 2.39. The molecule has 11 heteroatoms. The van der Waals surface area contributed by atoms with Crippen LogP contribution in [0.15, 0.2) is 63.7 Å². The molecule has 2 heterocycles. The van der Waals surface area contributed by atoms with E-state index in [0.29, 0.717) is 43.3 Å². The van der Waals surface area contributed by atoms with Crippen molar-refractivity contribution in [3.63, 3.8) is 0 Å². The molecule has 4 N–H and O–H groups in total. The lowest BCUT2D eigenvalue weighted by Gasteiger charge is -2.14. The van der Waals surface area contributed by atoms with Gasteiger partial charge in [-0.15, -0.1) is 0 Å². The topological polar surface area (TPSA) is 137 Å². The van der Waals surface area contributed by atoms with Gasteiger partial charge in [0, 0.05) is 22.0 Å². The maximum absolute atomic E-state index is 13.3. The molecule has 0 fully saturated rings. The van der Waals surface area contributed by atoms with Crippen molar-refractivity contribution < 1.29 is 18.3 Å². The Labute approximate surface area is 181 Å². The predicted octanol–water partition coefficient (Wildman–Crippen LogP) is 3.49. The van der Waals surface area contributed by atoms with Crippen molar-refractivity contribution in [1.82, 2.24) is 15.2 Å². The minimum atomic E-state index is -3.99. The molecule has 0 spiro atoms. The summed E-state index contributed by atoms with van der Waals surface area (Å²) in [5.41, 5.74) is 1.89. The number of hydrogen-bond donors (Lipinski definition) is 4. The van der Waals surface area contributed by atoms with Gasteiger partial charge in [-0.2, -0.15) is 5.10 Å². The molecule has 0 saturated carbocycles. The summed E-state index contributed by atoms with van der Waals surface area (Å²) in [6, 6.07) is 11.1. The minimum absolute atomic E-state index is 0.00299. The summed E-state index contributed by atoms with van der Waals surface area (Å²) in [5.74, 6) is -0.261. The summed E-state index contributed by atoms with van der Waals surface area (Å²) in [7, 11) is -3.99. The van der Waals surface area contributed by atoms with Gasteiger partial charge in [0.1, 0.15) is 12.1 Å². The lowest BCUT2D eigenvalue weighted by molar-refractivity contribution is 0.103. The van der Waals surface area contributed by atoms with Crippen molar-refractivity contribution in [3.8, 4) is 5.75 Å². The molecule has 0 radical (unpaired) electrons. The number of phenolic OH excluding ortho intramolecular Hbond substituents is 1. The summed E-state index contributed by atoms with van der Waals surface area (Å²) < 4.78 is 29.2. The summed E-state index contributed by atoms with van der Waals surface area (Å²) in [5, 5.41) is 20.9. The minimum Gasteiger partial charge on any atom is -0.507 e. The number of hydrogen-bond acceptors (Lipinski definition) is 7. The first-order valence-electron chi connectivity index (χ1n) is 9.10. The van der Waals surface area contributed by atoms with E-state index in [0.717, 1.165) is 11.8 Å². The number of H-pyrrole nitrogens is 1. The van der Waals surface area contributed by atoms with Gasteiger partial charge in [-0.1, -0.05) is 12.1 Å². The summed E-state index contributed by atoms with van der Waals surface area (Å²) in [4.78, 5) is 16.6. The number of aromatic hydroxyl groups is 1. The van der Waals surface area contributed by atoms with E-state index in [1.54, 1.807) is 37.3 Å². The lowest BCUT2D eigenvalue weighted by atomic mass is 10.1. The molecule has 1 aliphatic heterocycles. The number of aryl methyl sites for hydroxylation is 1. The Morgan fingerprint density at radius 2 is 2.00 bits per heavy atom. The molecular formula is C20H15N5O4S2. The van der Waals surface area contributed by atoms with Crippen LogP contribution in [0.2, 0.25) is 0 Å². The van der Waals surface area contributed by atoms with E-state index in [9.17, 15) is 18.3 Å². The van der Waals surface area contributed by atoms with Gasteiger partial charge >= 0.3 is 0 Å². The normalized spacial score (nSPS) is 12.9. The van der Waals surface area contributed by atoms with E-state index in [4.69, 9.17) is 0 Å². The van der Waals surface area contributed by atoms with Crippen LogP contribution in [0.4, 0.5) is 11.4 Å². The van der Waals surface area contributed by atoms with Crippen LogP contribution in [0.5, 0.6) is 5.75 Å². The van der Waals surface area contributed by atoms with Crippen LogP contribution < -0.4 is 10.0 Å². The van der Waals surface area contributed by atoms with E-state index in [-0.39, 0.29) is 16.6 Å². The van der Waals surface area contributed by atoms with Gasteiger partial charge < -0.3 is 10.4 Å². The predicted molar refractivity (Wildman–Crippen MR) is 116 cm³/mol. The number of benzene rings is 3. The van der Waals surface area contributed by atoms with Crippen molar-refractivity contribution in [1.29, 1.82) is 0 Å². The number of amides is 1. The van der Waals surface area contributed by atoms with Crippen LogP contribution in [0.3, 0.4) is 0 Å². The number of anilines is 2. The van der Waals surface area contributed by atoms with Crippen LogP contribution in [0, 0.1) is 6.92 Å². The Balaban J connectivity index is 1.57. The molecule has 0 atom stereocenters. The number of carbonyl (C=O) groups is 1. The fourth-order valence-electron chi connectivity index (χ4n) is 3.51. The fraction of sp³-hybridized carbons (Fsp3) is 0.0500. The second kappa shape index (κ2) is 7.00. The molecule has 1 amide bonds. The van der Waals surface area contributed by atoms with Gasteiger partial charge in [-0.25, -0.2) is 13.4 Å². The first kappa shape index (κ1) is 19.4. The number of nitrogens with zero attached hydrogens (tertiary/aromatic N) is 2. The van der Waals surface area contributed by atoms with E-state index >= 15 is 0 Å². The third-order valence-corrected chi connectivity index (χ3v) is 7.29. The van der Waals surface area contributed by atoms with Crippen molar-refractivity contribution in [2.75, 3.05) is 10.0 Å². The smallest absolute Gasteiger partial charge is 0.262 e. The number of carbonyl (C=O) groups excluding carboxylic acids is 1. The molecule has 0 unspecified atom stereocenters. The number of aromatic amines is 1. The Hall–Kier alpha value is -3.57. The summed E-state index contributed by atoms with van der Waals surface area (Å²) >= 11 is 1.12. The van der Waals surface area contributed by atoms with Crippen molar-refractivity contribution in [2.45, 2.75) is 21.9 Å². The van der Waals surface area contributed by atoms with Crippen LogP contribution >= 0.6 is 11.8 Å². The standard InChI is InChI=1S/C20H15N5O4S2/c1-10-7-15(26)16(30-20-21-9-22-24-20)8-14(10)25-31(28,29)17-6-5-13-18-11(17)3-2-4-12(18)19(27)23-13/h2-9,25-26H,1H3,(H,23,27)(H,21,22,24). The third-order valence-electron chi connectivity index (χ3n) is 4.93. The largest absolute Gasteiger partial charge is 0.507 e. The third kappa shape index (κ3) is 3.27. The maximum Gasteiger partial charge on any atom is 0.262 e. The average molecular weight is 454 g/mol. The Morgan fingerprint density at radius 3 is 2.77 bits per heavy atom. The van der Waals surface area contributed by atoms with Gasteiger partial charge in [0.15, 0.2) is 5.16 Å². The van der Waals surface area contributed by atoms with Crippen LogP contribution in [-0.2, 0) is 10.0 Å². The van der Waals surface area contributed by atoms with Crippen LogP contribution in [0.1, 0.15) is 15.9 Å². The Kier molecular flexibility index (Phi) is 4.38. The van der Waals surface area contributed by atoms with E-state index in [2.05, 4.69) is 25.2 Å². The zero-order valence-electron chi connectivity index (χ0n) is 16.0. The molecular weight excluding hydrogens is 438 g/mol. The summed E-state index contributed by atoms with van der Waals surface area (Å²) in [6.45, 7) is 1.69. The highest BCUT2D eigenvalue weighted by molar-refractivity contribution is 7.99. The SMILES string of the molecule is Cc1cc(O)c(Sc2ncn[nH]2)cc1NS(=O)(=O)c1ccc2c3c(cccc13)C(=O)N2. The fourth-order valence-corrected chi connectivity index (χ4v) is 5.58. The first-order valence-corrected chi connectivity index (χ1v) is 11.4. The van der Waals surface area contributed by atoms with Gasteiger partial charge in [-0.05, 0) is 54.6 Å². The second-order valence-corrected chi connectivity index (χ2v) is 9.61. The Bertz CT molecular complexity index is 1470. The zero-order chi connectivity index (χ0) is 21.8. The molecule has 1 aromatic heterocycles. The highest BCUT2D eigenvalue weighted by atomic mass is 32.2. The second-order valence-electron chi connectivity index (χ2n) is 6.93. The number of nitrogens with one attached hydrogen (secondary N) is 3. The van der Waals surface area contributed by atoms with E-state index in [1.807, 2.05) is 0 Å². The molecule has 4 aromatic rings. The van der Waals surface area contributed by atoms with Crippen molar-refractivity contribution in [3.05, 3.63) is 59.9 Å². The van der Waals surface area contributed by atoms with Gasteiger partial charge in [0.2, 0.25) is 0 Å². The molecule has 3 aromatic carbocycles. The van der Waals surface area contributed by atoms with Gasteiger partial charge in [0.25, 0.3) is 15.9 Å². The highest BCUT2D eigenvalue weighted by Gasteiger charge is 2.26. The number of sulfonamides is 1. The van der Waals surface area contributed by atoms with Crippen molar-refractivity contribution >= 4 is 49.8 Å². The monoisotopic (exact) mass is 453 g/mol. The molecule has 1 aliphatic rings. The summed E-state index contributed by atoms with van der Waals surface area (Å²) in [6.07, 6.45) is 1.34. The molecule has 9 nitrogen and oxygen atoms in total. The zero-order valence-corrected chi connectivity index (χ0v) is 17.6. The number of rotatable bonds is 5. The molecule has 0 bridgehead atoms. The molecule has 5 rings (SSSR count). The maximum atomic E-state index is 13.3. The van der Waals surface area contributed by atoms with Crippen molar-refractivity contribution in [2.24, 2.45) is 0 Å². The molecule has 31 heavy (non-hydrogen) atoms. The first-order chi connectivity index (χ1) is 14.8. The average Bonchev–Trinajstić information content (AvgIpc) is 3.35. The van der Waals surface area contributed by atoms with E-state index < -0.39 is 10.0 Å². The number of aromatic nitrogens is 3. The molecule has 0 saturated heterocycles. The quantitative estimate of drug-likeness (QED) is 0.339. The van der Waals surface area contributed by atoms with Crippen LogP contribution in [0.25, 0.3) is 10.8 Å². The lowest BCUT2D eigenvalue weighted by Crippen LogP contribution is -2.14. The van der Waals surface area contributed by atoms with Crippen LogP contribution in [-0.4, -0.2) is 34.6 Å².